The average molecular weight is 152 g/mol. The molecule has 0 fully saturated rings. The Kier molecular flexibility index (Phi) is 3.48. The molecule has 0 saturated heterocycles. The van der Waals surface area contributed by atoms with E-state index in [0.717, 1.165) is 13.1 Å². The third-order valence-electron chi connectivity index (χ3n) is 1.34. The molecule has 0 bridgehead atoms. The minimum absolute atomic E-state index is 0.771. The van der Waals surface area contributed by atoms with E-state index in [2.05, 4.69) is 0 Å². The van der Waals surface area contributed by atoms with E-state index in [-0.39, 0.29) is 0 Å². The standard InChI is InChI=1S/C6H14ClNO/c1-4-8(5-2)6(3,7)9/h9H,4-5H2,1-3H3. The molecule has 0 radical (unpaired) electrons. The zero-order valence-electron chi connectivity index (χ0n) is 6.19. The van der Waals surface area contributed by atoms with Crippen LogP contribution in [0, 0.1) is 0 Å². The molecular weight excluding hydrogens is 138 g/mol. The summed E-state index contributed by atoms with van der Waals surface area (Å²) < 4.78 is 0. The Morgan fingerprint density at radius 3 is 1.78 bits per heavy atom. The van der Waals surface area contributed by atoms with Gasteiger partial charge in [-0.3, -0.25) is 4.90 Å². The summed E-state index contributed by atoms with van der Waals surface area (Å²) in [6.07, 6.45) is 0. The van der Waals surface area contributed by atoms with Crippen LogP contribution in [0.2, 0.25) is 0 Å². The van der Waals surface area contributed by atoms with Crippen molar-refractivity contribution < 1.29 is 5.11 Å². The second-order valence-corrected chi connectivity index (χ2v) is 2.79. The molecule has 0 spiro atoms. The van der Waals surface area contributed by atoms with Crippen molar-refractivity contribution in [2.24, 2.45) is 0 Å². The molecular formula is C6H14ClNO. The van der Waals surface area contributed by atoms with Crippen LogP contribution < -0.4 is 0 Å². The van der Waals surface area contributed by atoms with Gasteiger partial charge < -0.3 is 5.11 Å². The lowest BCUT2D eigenvalue weighted by atomic mass is 10.4. The summed E-state index contributed by atoms with van der Waals surface area (Å²) in [5.41, 5.74) is 0. The molecule has 0 aromatic heterocycles. The summed E-state index contributed by atoms with van der Waals surface area (Å²) >= 11 is 5.58. The van der Waals surface area contributed by atoms with Crippen molar-refractivity contribution in [3.05, 3.63) is 0 Å². The molecule has 0 amide bonds. The minimum atomic E-state index is -1.18. The molecule has 0 aliphatic carbocycles. The molecule has 0 aliphatic rings. The van der Waals surface area contributed by atoms with Gasteiger partial charge in [0.05, 0.1) is 0 Å². The van der Waals surface area contributed by atoms with Crippen LogP contribution in [0.4, 0.5) is 0 Å². The van der Waals surface area contributed by atoms with Gasteiger partial charge in [-0.25, -0.2) is 0 Å². The maximum atomic E-state index is 9.17. The highest BCUT2D eigenvalue weighted by Crippen LogP contribution is 2.14. The lowest BCUT2D eigenvalue weighted by molar-refractivity contribution is -0.0146. The topological polar surface area (TPSA) is 23.5 Å². The largest absolute Gasteiger partial charge is 0.363 e. The zero-order valence-corrected chi connectivity index (χ0v) is 6.94. The lowest BCUT2D eigenvalue weighted by Gasteiger charge is -2.29. The van der Waals surface area contributed by atoms with Gasteiger partial charge >= 0.3 is 0 Å². The average Bonchev–Trinajstić information content (AvgIpc) is 1.65. The van der Waals surface area contributed by atoms with Gasteiger partial charge in [0, 0.05) is 0 Å². The number of alkyl halides is 1. The summed E-state index contributed by atoms with van der Waals surface area (Å²) in [5.74, 6) is 0. The van der Waals surface area contributed by atoms with E-state index in [1.165, 1.54) is 0 Å². The van der Waals surface area contributed by atoms with E-state index in [9.17, 15) is 0 Å². The third kappa shape index (κ3) is 3.04. The van der Waals surface area contributed by atoms with E-state index in [4.69, 9.17) is 16.7 Å². The highest BCUT2D eigenvalue weighted by atomic mass is 35.5. The molecule has 0 aliphatic heterocycles. The van der Waals surface area contributed by atoms with Gasteiger partial charge in [0.1, 0.15) is 0 Å². The van der Waals surface area contributed by atoms with Gasteiger partial charge in [0.25, 0.3) is 0 Å². The van der Waals surface area contributed by atoms with Crippen LogP contribution in [0.25, 0.3) is 0 Å². The number of hydrogen-bond donors (Lipinski definition) is 1. The zero-order chi connectivity index (χ0) is 7.49. The first-order valence-electron chi connectivity index (χ1n) is 3.18. The molecule has 0 aromatic carbocycles. The molecule has 3 heteroatoms. The lowest BCUT2D eigenvalue weighted by Crippen LogP contribution is -2.41. The summed E-state index contributed by atoms with van der Waals surface area (Å²) in [4.78, 5) is 1.76. The summed E-state index contributed by atoms with van der Waals surface area (Å²) in [6, 6.07) is 0. The monoisotopic (exact) mass is 151 g/mol. The van der Waals surface area contributed by atoms with Crippen LogP contribution in [0.1, 0.15) is 20.8 Å². The molecule has 1 atom stereocenters. The molecule has 9 heavy (non-hydrogen) atoms. The molecule has 1 N–H and O–H groups in total. The van der Waals surface area contributed by atoms with Crippen molar-refractivity contribution in [3.8, 4) is 0 Å². The Balaban J connectivity index is 3.79. The van der Waals surface area contributed by atoms with Gasteiger partial charge in [-0.15, -0.1) is 0 Å². The van der Waals surface area contributed by atoms with Gasteiger partial charge in [0.2, 0.25) is 0 Å². The minimum Gasteiger partial charge on any atom is -0.363 e. The number of halogens is 1. The fourth-order valence-corrected chi connectivity index (χ4v) is 1.04. The number of rotatable bonds is 3. The first-order valence-corrected chi connectivity index (χ1v) is 3.56. The number of nitrogens with zero attached hydrogens (tertiary/aromatic N) is 1. The molecule has 0 aromatic rings. The molecule has 56 valence electrons. The van der Waals surface area contributed by atoms with Crippen molar-refractivity contribution >= 4 is 11.6 Å². The fraction of sp³-hybridized carbons (Fsp3) is 1.00. The first-order chi connectivity index (χ1) is 4.02. The Morgan fingerprint density at radius 1 is 1.44 bits per heavy atom. The summed E-state index contributed by atoms with van der Waals surface area (Å²) in [6.45, 7) is 7.03. The van der Waals surface area contributed by atoms with Crippen molar-refractivity contribution in [1.82, 2.24) is 4.90 Å². The Labute approximate surface area is 61.4 Å². The van der Waals surface area contributed by atoms with E-state index < -0.39 is 5.18 Å². The van der Waals surface area contributed by atoms with Crippen molar-refractivity contribution in [3.63, 3.8) is 0 Å². The van der Waals surface area contributed by atoms with E-state index >= 15 is 0 Å². The van der Waals surface area contributed by atoms with Crippen LogP contribution in [0.5, 0.6) is 0 Å². The Bertz CT molecular complexity index is 75.6. The van der Waals surface area contributed by atoms with Crippen molar-refractivity contribution in [2.45, 2.75) is 26.0 Å². The van der Waals surface area contributed by atoms with Crippen LogP contribution in [-0.4, -0.2) is 28.3 Å². The third-order valence-corrected chi connectivity index (χ3v) is 1.58. The molecule has 0 rings (SSSR count). The second-order valence-electron chi connectivity index (χ2n) is 2.08. The predicted octanol–water partition coefficient (Wildman–Crippen LogP) is 1.23. The quantitative estimate of drug-likeness (QED) is 0.373. The second kappa shape index (κ2) is 3.40. The Morgan fingerprint density at radius 2 is 1.78 bits per heavy atom. The van der Waals surface area contributed by atoms with Gasteiger partial charge in [-0.1, -0.05) is 25.4 Å². The van der Waals surface area contributed by atoms with Crippen molar-refractivity contribution in [1.29, 1.82) is 0 Å². The highest BCUT2D eigenvalue weighted by molar-refractivity contribution is 6.22. The van der Waals surface area contributed by atoms with Crippen LogP contribution in [0.15, 0.2) is 0 Å². The number of aliphatic hydroxyl groups is 1. The van der Waals surface area contributed by atoms with Gasteiger partial charge in [-0.2, -0.15) is 0 Å². The van der Waals surface area contributed by atoms with Crippen LogP contribution >= 0.6 is 11.6 Å². The molecule has 0 saturated carbocycles. The van der Waals surface area contributed by atoms with Crippen LogP contribution in [0.3, 0.4) is 0 Å². The summed E-state index contributed by atoms with van der Waals surface area (Å²) in [7, 11) is 0. The maximum Gasteiger partial charge on any atom is 0.193 e. The summed E-state index contributed by atoms with van der Waals surface area (Å²) in [5, 5.41) is 7.99. The molecule has 0 heterocycles. The smallest absolute Gasteiger partial charge is 0.193 e. The first kappa shape index (κ1) is 9.21. The van der Waals surface area contributed by atoms with Gasteiger partial charge in [-0.05, 0) is 20.0 Å². The SMILES string of the molecule is CCN(CC)C(C)(O)Cl. The fourth-order valence-electron chi connectivity index (χ4n) is 0.801. The van der Waals surface area contributed by atoms with Gasteiger partial charge in [0.15, 0.2) is 5.18 Å². The predicted molar refractivity (Wildman–Crippen MR) is 39.4 cm³/mol. The molecule has 1 unspecified atom stereocenters. The normalized spacial score (nSPS) is 18.0. The van der Waals surface area contributed by atoms with Crippen molar-refractivity contribution in [2.75, 3.05) is 13.1 Å². The molecule has 2 nitrogen and oxygen atoms in total. The van der Waals surface area contributed by atoms with Crippen LogP contribution in [-0.2, 0) is 0 Å². The van der Waals surface area contributed by atoms with E-state index in [1.807, 2.05) is 13.8 Å². The van der Waals surface area contributed by atoms with E-state index in [0.29, 0.717) is 0 Å². The van der Waals surface area contributed by atoms with E-state index in [1.54, 1.807) is 11.8 Å². The Hall–Kier alpha value is 0.210. The maximum absolute atomic E-state index is 9.17. The number of hydrogen-bond acceptors (Lipinski definition) is 2. The highest BCUT2D eigenvalue weighted by Gasteiger charge is 2.22.